The van der Waals surface area contributed by atoms with Gasteiger partial charge in [-0.1, -0.05) is 31.7 Å². The summed E-state index contributed by atoms with van der Waals surface area (Å²) >= 11 is 0. The standard InChI is InChI=1S/C14H18F2O2/c15-11-6-5-10(9-12(11)16)13(17)14(18)7-3-1-2-4-8-14/h5-6,9,13,17-18H,1-4,7-8H2. The van der Waals surface area contributed by atoms with Crippen LogP contribution in [0.2, 0.25) is 0 Å². The highest BCUT2D eigenvalue weighted by atomic mass is 19.2. The minimum Gasteiger partial charge on any atom is -0.387 e. The molecule has 2 rings (SSSR count). The lowest BCUT2D eigenvalue weighted by Gasteiger charge is -2.32. The Kier molecular flexibility index (Phi) is 3.97. The number of aliphatic hydroxyl groups is 2. The zero-order chi connectivity index (χ0) is 13.2. The molecular weight excluding hydrogens is 238 g/mol. The Balaban J connectivity index is 2.22. The molecule has 0 bridgehead atoms. The van der Waals surface area contributed by atoms with Crippen LogP contribution >= 0.6 is 0 Å². The van der Waals surface area contributed by atoms with Crippen molar-refractivity contribution in [1.29, 1.82) is 0 Å². The minimum atomic E-state index is -1.22. The van der Waals surface area contributed by atoms with Gasteiger partial charge in [-0.05, 0) is 30.5 Å². The van der Waals surface area contributed by atoms with Crippen molar-refractivity contribution < 1.29 is 19.0 Å². The van der Waals surface area contributed by atoms with E-state index in [1.54, 1.807) is 0 Å². The van der Waals surface area contributed by atoms with E-state index in [-0.39, 0.29) is 5.56 Å². The topological polar surface area (TPSA) is 40.5 Å². The summed E-state index contributed by atoms with van der Waals surface area (Å²) in [6.07, 6.45) is 3.58. The Morgan fingerprint density at radius 3 is 2.17 bits per heavy atom. The molecule has 0 radical (unpaired) electrons. The van der Waals surface area contributed by atoms with Crippen molar-refractivity contribution in [2.24, 2.45) is 0 Å². The molecular formula is C14H18F2O2. The van der Waals surface area contributed by atoms with Crippen molar-refractivity contribution in [2.75, 3.05) is 0 Å². The van der Waals surface area contributed by atoms with Crippen molar-refractivity contribution in [1.82, 2.24) is 0 Å². The molecule has 1 aliphatic rings. The molecule has 1 aromatic carbocycles. The number of hydrogen-bond acceptors (Lipinski definition) is 2. The number of benzene rings is 1. The zero-order valence-corrected chi connectivity index (χ0v) is 10.2. The van der Waals surface area contributed by atoms with Crippen molar-refractivity contribution in [3.63, 3.8) is 0 Å². The molecule has 2 nitrogen and oxygen atoms in total. The number of halogens is 2. The fourth-order valence-electron chi connectivity index (χ4n) is 2.61. The van der Waals surface area contributed by atoms with Gasteiger partial charge < -0.3 is 10.2 Å². The van der Waals surface area contributed by atoms with Gasteiger partial charge in [-0.15, -0.1) is 0 Å². The summed E-state index contributed by atoms with van der Waals surface area (Å²) in [7, 11) is 0. The van der Waals surface area contributed by atoms with Gasteiger partial charge in [-0.25, -0.2) is 8.78 Å². The van der Waals surface area contributed by atoms with Gasteiger partial charge in [0, 0.05) is 0 Å². The van der Waals surface area contributed by atoms with Crippen LogP contribution in [0.1, 0.15) is 50.2 Å². The maximum atomic E-state index is 13.1. The highest BCUT2D eigenvalue weighted by Gasteiger charge is 2.37. The molecule has 0 heterocycles. The van der Waals surface area contributed by atoms with Gasteiger partial charge in [0.05, 0.1) is 5.60 Å². The largest absolute Gasteiger partial charge is 0.387 e. The van der Waals surface area contributed by atoms with Gasteiger partial charge in [0.1, 0.15) is 6.10 Å². The van der Waals surface area contributed by atoms with E-state index >= 15 is 0 Å². The second-order valence-electron chi connectivity index (χ2n) is 5.09. The van der Waals surface area contributed by atoms with Crippen molar-refractivity contribution in [3.05, 3.63) is 35.4 Å². The van der Waals surface area contributed by atoms with Gasteiger partial charge in [-0.3, -0.25) is 0 Å². The highest BCUT2D eigenvalue weighted by molar-refractivity contribution is 5.22. The third-order valence-corrected chi connectivity index (χ3v) is 3.74. The summed E-state index contributed by atoms with van der Waals surface area (Å²) < 4.78 is 26.0. The molecule has 1 aliphatic carbocycles. The Morgan fingerprint density at radius 1 is 1.00 bits per heavy atom. The molecule has 100 valence electrons. The third kappa shape index (κ3) is 2.70. The molecule has 1 atom stereocenters. The van der Waals surface area contributed by atoms with E-state index in [1.807, 2.05) is 0 Å². The molecule has 2 N–H and O–H groups in total. The summed E-state index contributed by atoms with van der Waals surface area (Å²) in [5.74, 6) is -1.94. The Morgan fingerprint density at radius 2 is 1.61 bits per heavy atom. The molecule has 18 heavy (non-hydrogen) atoms. The van der Waals surface area contributed by atoms with E-state index in [0.29, 0.717) is 12.8 Å². The molecule has 1 fully saturated rings. The van der Waals surface area contributed by atoms with E-state index in [4.69, 9.17) is 0 Å². The summed E-state index contributed by atoms with van der Waals surface area (Å²) in [4.78, 5) is 0. The maximum Gasteiger partial charge on any atom is 0.159 e. The Labute approximate surface area is 105 Å². The van der Waals surface area contributed by atoms with E-state index in [1.165, 1.54) is 6.07 Å². The lowest BCUT2D eigenvalue weighted by Crippen LogP contribution is -2.35. The molecule has 0 spiro atoms. The van der Waals surface area contributed by atoms with Crippen molar-refractivity contribution in [2.45, 2.75) is 50.2 Å². The zero-order valence-electron chi connectivity index (χ0n) is 10.2. The van der Waals surface area contributed by atoms with E-state index in [0.717, 1.165) is 37.8 Å². The van der Waals surface area contributed by atoms with Gasteiger partial charge in [0.25, 0.3) is 0 Å². The van der Waals surface area contributed by atoms with Crippen LogP contribution in [0.5, 0.6) is 0 Å². The predicted molar refractivity (Wildman–Crippen MR) is 64.0 cm³/mol. The predicted octanol–water partition coefficient (Wildman–Crippen LogP) is 3.08. The van der Waals surface area contributed by atoms with Gasteiger partial charge in [0.2, 0.25) is 0 Å². The van der Waals surface area contributed by atoms with E-state index in [9.17, 15) is 19.0 Å². The van der Waals surface area contributed by atoms with Crippen LogP contribution in [0.25, 0.3) is 0 Å². The normalized spacial score (nSPS) is 21.3. The average molecular weight is 256 g/mol. The lowest BCUT2D eigenvalue weighted by molar-refractivity contribution is -0.0868. The summed E-state index contributed by atoms with van der Waals surface area (Å²) in [5, 5.41) is 20.7. The SMILES string of the molecule is OC(c1ccc(F)c(F)c1)C1(O)CCCCCC1. The van der Waals surface area contributed by atoms with Crippen LogP contribution in [0.4, 0.5) is 8.78 Å². The van der Waals surface area contributed by atoms with Crippen LogP contribution in [-0.4, -0.2) is 15.8 Å². The van der Waals surface area contributed by atoms with Crippen LogP contribution in [0.3, 0.4) is 0 Å². The summed E-state index contributed by atoms with van der Waals surface area (Å²) in [6, 6.07) is 3.27. The summed E-state index contributed by atoms with van der Waals surface area (Å²) in [6.45, 7) is 0. The average Bonchev–Trinajstić information content (AvgIpc) is 2.58. The lowest BCUT2D eigenvalue weighted by atomic mass is 9.84. The first-order valence-electron chi connectivity index (χ1n) is 6.38. The van der Waals surface area contributed by atoms with Crippen LogP contribution in [0.15, 0.2) is 18.2 Å². The molecule has 1 unspecified atom stereocenters. The van der Waals surface area contributed by atoms with Gasteiger partial charge >= 0.3 is 0 Å². The number of rotatable bonds is 2. The fraction of sp³-hybridized carbons (Fsp3) is 0.571. The van der Waals surface area contributed by atoms with Gasteiger partial charge in [-0.2, -0.15) is 0 Å². The van der Waals surface area contributed by atoms with Crippen LogP contribution in [0, 0.1) is 11.6 Å². The molecule has 0 saturated heterocycles. The molecule has 0 aliphatic heterocycles. The first-order chi connectivity index (χ1) is 8.53. The fourth-order valence-corrected chi connectivity index (χ4v) is 2.61. The number of aliphatic hydroxyl groups excluding tert-OH is 1. The second kappa shape index (κ2) is 5.33. The highest BCUT2D eigenvalue weighted by Crippen LogP contribution is 2.37. The molecule has 0 aromatic heterocycles. The summed E-state index contributed by atoms with van der Waals surface area (Å²) in [5.41, 5.74) is -0.987. The first-order valence-corrected chi connectivity index (χ1v) is 6.38. The van der Waals surface area contributed by atoms with Gasteiger partial charge in [0.15, 0.2) is 11.6 Å². The van der Waals surface area contributed by atoms with Crippen LogP contribution in [-0.2, 0) is 0 Å². The minimum absolute atomic E-state index is 0.235. The Hall–Kier alpha value is -1.00. The number of hydrogen-bond donors (Lipinski definition) is 2. The monoisotopic (exact) mass is 256 g/mol. The van der Waals surface area contributed by atoms with Crippen LogP contribution < -0.4 is 0 Å². The molecule has 4 heteroatoms. The maximum absolute atomic E-state index is 13.1. The third-order valence-electron chi connectivity index (χ3n) is 3.74. The first kappa shape index (κ1) is 13.4. The van der Waals surface area contributed by atoms with Crippen molar-refractivity contribution >= 4 is 0 Å². The second-order valence-corrected chi connectivity index (χ2v) is 5.09. The quantitative estimate of drug-likeness (QED) is 0.798. The van der Waals surface area contributed by atoms with E-state index < -0.39 is 23.3 Å². The Bertz CT molecular complexity index is 412. The van der Waals surface area contributed by atoms with E-state index in [2.05, 4.69) is 0 Å². The molecule has 1 saturated carbocycles. The van der Waals surface area contributed by atoms with Crippen molar-refractivity contribution in [3.8, 4) is 0 Å². The molecule has 0 amide bonds. The molecule has 1 aromatic rings. The smallest absolute Gasteiger partial charge is 0.159 e.